The lowest BCUT2D eigenvalue weighted by atomic mass is 10.1. The number of aryl methyl sites for hydroxylation is 1. The van der Waals surface area contributed by atoms with Gasteiger partial charge in [0.25, 0.3) is 0 Å². The molecule has 10 heavy (non-hydrogen) atoms. The normalized spacial score (nSPS) is 9.90. The van der Waals surface area contributed by atoms with E-state index in [1.807, 2.05) is 25.1 Å². The fraction of sp³-hybridized carbons (Fsp3) is 0.125. The Hall–Kier alpha value is -0.340. The Morgan fingerprint density at radius 1 is 1.50 bits per heavy atom. The van der Waals surface area contributed by atoms with Crippen LogP contribution in [-0.4, -0.2) is 5.11 Å². The van der Waals surface area contributed by atoms with Crippen LogP contribution in [0.1, 0.15) is 11.1 Å². The molecule has 0 amide bonds. The van der Waals surface area contributed by atoms with Crippen molar-refractivity contribution in [1.82, 2.24) is 0 Å². The van der Waals surface area contributed by atoms with E-state index < -0.39 is 0 Å². The summed E-state index contributed by atoms with van der Waals surface area (Å²) in [4.78, 5) is 0. The molecule has 1 rings (SSSR count). The summed E-state index contributed by atoms with van der Waals surface area (Å²) in [7, 11) is 0. The molecule has 0 aliphatic rings. The van der Waals surface area contributed by atoms with Crippen molar-refractivity contribution < 1.29 is 5.11 Å². The molecular weight excluding hydrogens is 192 g/mol. The van der Waals surface area contributed by atoms with Crippen LogP contribution in [0, 0.1) is 13.5 Å². The van der Waals surface area contributed by atoms with Crippen LogP contribution in [0.15, 0.2) is 22.7 Å². The van der Waals surface area contributed by atoms with Gasteiger partial charge >= 0.3 is 0 Å². The van der Waals surface area contributed by atoms with Crippen LogP contribution in [-0.2, 0) is 0 Å². The number of halogens is 1. The highest BCUT2D eigenvalue weighted by Crippen LogP contribution is 2.17. The molecule has 0 atom stereocenters. The zero-order chi connectivity index (χ0) is 7.56. The molecular formula is C8H8BrO. The summed E-state index contributed by atoms with van der Waals surface area (Å²) in [5, 5.41) is 8.61. The van der Waals surface area contributed by atoms with E-state index in [0.29, 0.717) is 0 Å². The SMILES string of the molecule is Cc1cc([CH]O)ccc1Br. The average molecular weight is 200 g/mol. The molecule has 0 aliphatic heterocycles. The molecule has 1 nitrogen and oxygen atoms in total. The fourth-order valence-electron chi connectivity index (χ4n) is 0.748. The quantitative estimate of drug-likeness (QED) is 0.738. The van der Waals surface area contributed by atoms with E-state index in [9.17, 15) is 0 Å². The van der Waals surface area contributed by atoms with Crippen LogP contribution in [0.25, 0.3) is 0 Å². The number of hydrogen-bond donors (Lipinski definition) is 1. The molecule has 1 radical (unpaired) electrons. The Balaban J connectivity index is 3.04. The molecule has 0 aliphatic carbocycles. The van der Waals surface area contributed by atoms with Gasteiger partial charge in [0.05, 0.1) is 0 Å². The van der Waals surface area contributed by atoms with E-state index in [2.05, 4.69) is 15.9 Å². The first-order valence-corrected chi connectivity index (χ1v) is 3.77. The van der Waals surface area contributed by atoms with Gasteiger partial charge in [-0.05, 0) is 24.1 Å². The van der Waals surface area contributed by atoms with Crippen LogP contribution < -0.4 is 0 Å². The smallest absolute Gasteiger partial charge is 0.109 e. The standard InChI is InChI=1S/C8H8BrO/c1-6-4-7(5-10)2-3-8(6)9/h2-5,10H,1H3. The van der Waals surface area contributed by atoms with E-state index >= 15 is 0 Å². The Labute approximate surface area is 68.8 Å². The van der Waals surface area contributed by atoms with Crippen molar-refractivity contribution in [3.63, 3.8) is 0 Å². The van der Waals surface area contributed by atoms with Crippen molar-refractivity contribution in [3.8, 4) is 0 Å². The van der Waals surface area contributed by atoms with E-state index in [1.54, 1.807) is 0 Å². The second kappa shape index (κ2) is 3.17. The monoisotopic (exact) mass is 199 g/mol. The van der Waals surface area contributed by atoms with Crippen LogP contribution in [0.2, 0.25) is 0 Å². The third-order valence-corrected chi connectivity index (χ3v) is 2.22. The van der Waals surface area contributed by atoms with Gasteiger partial charge < -0.3 is 5.11 Å². The summed E-state index contributed by atoms with van der Waals surface area (Å²) in [6, 6.07) is 5.67. The maximum absolute atomic E-state index is 8.61. The average Bonchev–Trinajstić information content (AvgIpc) is 1.95. The van der Waals surface area contributed by atoms with Crippen molar-refractivity contribution in [2.75, 3.05) is 0 Å². The maximum Gasteiger partial charge on any atom is 0.109 e. The van der Waals surface area contributed by atoms with Crippen molar-refractivity contribution in [2.24, 2.45) is 0 Å². The molecule has 1 aromatic rings. The minimum absolute atomic E-state index is 0.834. The van der Waals surface area contributed by atoms with Crippen molar-refractivity contribution >= 4 is 15.9 Å². The molecule has 53 valence electrons. The van der Waals surface area contributed by atoms with Gasteiger partial charge in [-0.2, -0.15) is 0 Å². The minimum Gasteiger partial charge on any atom is -0.385 e. The highest BCUT2D eigenvalue weighted by atomic mass is 79.9. The van der Waals surface area contributed by atoms with Gasteiger partial charge in [-0.3, -0.25) is 0 Å². The predicted octanol–water partition coefficient (Wildman–Crippen LogP) is 2.64. The minimum atomic E-state index is 0.834. The summed E-state index contributed by atoms with van der Waals surface area (Å²) < 4.78 is 1.07. The molecule has 0 unspecified atom stereocenters. The lowest BCUT2D eigenvalue weighted by Crippen LogP contribution is -1.81. The van der Waals surface area contributed by atoms with Gasteiger partial charge in [0.15, 0.2) is 0 Å². The lowest BCUT2D eigenvalue weighted by Gasteiger charge is -1.98. The second-order valence-electron chi connectivity index (χ2n) is 2.14. The molecule has 0 spiro atoms. The van der Waals surface area contributed by atoms with Crippen LogP contribution in [0.4, 0.5) is 0 Å². The molecule has 0 bridgehead atoms. The highest BCUT2D eigenvalue weighted by molar-refractivity contribution is 9.10. The Morgan fingerprint density at radius 3 is 2.70 bits per heavy atom. The molecule has 0 heterocycles. The number of benzene rings is 1. The number of aliphatic hydroxyl groups excluding tert-OH is 1. The number of aliphatic hydroxyl groups is 1. The summed E-state index contributed by atoms with van der Waals surface area (Å²) in [5.74, 6) is 0. The van der Waals surface area contributed by atoms with E-state index in [1.165, 1.54) is 0 Å². The third-order valence-electron chi connectivity index (χ3n) is 1.33. The van der Waals surface area contributed by atoms with Gasteiger partial charge in [-0.25, -0.2) is 0 Å². The molecule has 1 aromatic carbocycles. The first kappa shape index (κ1) is 7.76. The van der Waals surface area contributed by atoms with Crippen LogP contribution in [0.5, 0.6) is 0 Å². The predicted molar refractivity (Wildman–Crippen MR) is 44.2 cm³/mol. The molecule has 0 fully saturated rings. The van der Waals surface area contributed by atoms with E-state index in [0.717, 1.165) is 22.2 Å². The highest BCUT2D eigenvalue weighted by Gasteiger charge is 1.94. The number of rotatable bonds is 1. The fourth-order valence-corrected chi connectivity index (χ4v) is 0.995. The molecule has 0 aromatic heterocycles. The molecule has 1 N–H and O–H groups in total. The summed E-state index contributed by atoms with van der Waals surface area (Å²) in [5.41, 5.74) is 1.96. The maximum atomic E-state index is 8.61. The topological polar surface area (TPSA) is 20.2 Å². The van der Waals surface area contributed by atoms with Crippen molar-refractivity contribution in [2.45, 2.75) is 6.92 Å². The van der Waals surface area contributed by atoms with Crippen molar-refractivity contribution in [1.29, 1.82) is 0 Å². The Kier molecular flexibility index (Phi) is 2.46. The Morgan fingerprint density at radius 2 is 2.20 bits per heavy atom. The number of hydrogen-bond acceptors (Lipinski definition) is 1. The van der Waals surface area contributed by atoms with Crippen molar-refractivity contribution in [3.05, 3.63) is 40.4 Å². The first-order valence-electron chi connectivity index (χ1n) is 2.97. The van der Waals surface area contributed by atoms with Gasteiger partial charge in [-0.15, -0.1) is 0 Å². The Bertz CT molecular complexity index is 233. The molecule has 0 saturated carbocycles. The summed E-state index contributed by atoms with van der Waals surface area (Å²) in [6.45, 7) is 3.08. The molecule has 0 saturated heterocycles. The van der Waals surface area contributed by atoms with E-state index in [4.69, 9.17) is 5.11 Å². The zero-order valence-electron chi connectivity index (χ0n) is 5.63. The lowest BCUT2D eigenvalue weighted by molar-refractivity contribution is 0.415. The third kappa shape index (κ3) is 1.58. The first-order chi connectivity index (χ1) is 4.74. The van der Waals surface area contributed by atoms with Gasteiger partial charge in [0, 0.05) is 4.47 Å². The van der Waals surface area contributed by atoms with E-state index in [-0.39, 0.29) is 0 Å². The van der Waals surface area contributed by atoms with Gasteiger partial charge in [0.1, 0.15) is 6.61 Å². The van der Waals surface area contributed by atoms with Crippen LogP contribution >= 0.6 is 15.9 Å². The molecule has 2 heteroatoms. The summed E-state index contributed by atoms with van der Waals surface area (Å²) in [6.07, 6.45) is 0. The van der Waals surface area contributed by atoms with Crippen LogP contribution in [0.3, 0.4) is 0 Å². The second-order valence-corrected chi connectivity index (χ2v) is 2.99. The van der Waals surface area contributed by atoms with Gasteiger partial charge in [-0.1, -0.05) is 28.1 Å². The van der Waals surface area contributed by atoms with Gasteiger partial charge in [0.2, 0.25) is 0 Å². The largest absolute Gasteiger partial charge is 0.385 e. The zero-order valence-corrected chi connectivity index (χ0v) is 7.22. The summed E-state index contributed by atoms with van der Waals surface area (Å²) >= 11 is 3.36.